The minimum atomic E-state index is -0.561. The number of likely N-dealkylation sites (tertiary alicyclic amines) is 1. The predicted molar refractivity (Wildman–Crippen MR) is 68.2 cm³/mol. The van der Waals surface area contributed by atoms with Gasteiger partial charge in [-0.05, 0) is 32.1 Å². The summed E-state index contributed by atoms with van der Waals surface area (Å²) in [7, 11) is 0. The minimum absolute atomic E-state index is 0.0316. The van der Waals surface area contributed by atoms with Gasteiger partial charge >= 0.3 is 0 Å². The van der Waals surface area contributed by atoms with Crippen LogP contribution >= 0.6 is 0 Å². The van der Waals surface area contributed by atoms with E-state index >= 15 is 0 Å². The van der Waals surface area contributed by atoms with E-state index in [1.807, 2.05) is 6.92 Å². The van der Waals surface area contributed by atoms with Crippen LogP contribution in [0.15, 0.2) is 5.16 Å². The summed E-state index contributed by atoms with van der Waals surface area (Å²) in [6.45, 7) is 2.61. The third-order valence-electron chi connectivity index (χ3n) is 3.55. The lowest BCUT2D eigenvalue weighted by molar-refractivity contribution is -0.137. The van der Waals surface area contributed by atoms with Gasteiger partial charge in [0.05, 0.1) is 5.92 Å². The van der Waals surface area contributed by atoms with Gasteiger partial charge in [-0.3, -0.25) is 4.79 Å². The summed E-state index contributed by atoms with van der Waals surface area (Å²) in [5, 5.41) is 20.7. The summed E-state index contributed by atoms with van der Waals surface area (Å²) < 4.78 is 0. The first-order valence-corrected chi connectivity index (χ1v) is 6.54. The Hall–Kier alpha value is -1.30. The van der Waals surface area contributed by atoms with E-state index < -0.39 is 5.92 Å². The predicted octanol–water partition coefficient (Wildman–Crippen LogP) is 0.523. The van der Waals surface area contributed by atoms with Crippen molar-refractivity contribution in [2.75, 3.05) is 13.2 Å². The van der Waals surface area contributed by atoms with Crippen LogP contribution in [0.1, 0.15) is 39.0 Å². The zero-order valence-corrected chi connectivity index (χ0v) is 10.9. The summed E-state index contributed by atoms with van der Waals surface area (Å²) >= 11 is 0. The highest BCUT2D eigenvalue weighted by Gasteiger charge is 2.32. The fourth-order valence-electron chi connectivity index (χ4n) is 2.52. The molecule has 0 aliphatic carbocycles. The van der Waals surface area contributed by atoms with Crippen molar-refractivity contribution < 1.29 is 15.1 Å². The molecule has 6 heteroatoms. The lowest BCUT2D eigenvalue weighted by atomic mass is 9.95. The van der Waals surface area contributed by atoms with Gasteiger partial charge in [-0.1, -0.05) is 12.1 Å². The molecule has 0 aromatic heterocycles. The first kappa shape index (κ1) is 14.8. The Balaban J connectivity index is 2.78. The Morgan fingerprint density at radius 2 is 2.28 bits per heavy atom. The molecule has 0 saturated carbocycles. The molecule has 1 fully saturated rings. The third kappa shape index (κ3) is 3.35. The van der Waals surface area contributed by atoms with Gasteiger partial charge in [0.2, 0.25) is 5.91 Å². The third-order valence-corrected chi connectivity index (χ3v) is 3.55. The molecule has 6 nitrogen and oxygen atoms in total. The highest BCUT2D eigenvalue weighted by molar-refractivity contribution is 6.02. The molecule has 0 spiro atoms. The molecule has 1 saturated heterocycles. The van der Waals surface area contributed by atoms with E-state index in [4.69, 9.17) is 16.0 Å². The van der Waals surface area contributed by atoms with E-state index in [0.29, 0.717) is 19.4 Å². The lowest BCUT2D eigenvalue weighted by Gasteiger charge is -2.37. The first-order valence-electron chi connectivity index (χ1n) is 6.54. The highest BCUT2D eigenvalue weighted by Crippen LogP contribution is 2.22. The fourth-order valence-corrected chi connectivity index (χ4v) is 2.52. The number of oxime groups is 1. The van der Waals surface area contributed by atoms with Gasteiger partial charge < -0.3 is 20.9 Å². The van der Waals surface area contributed by atoms with E-state index in [-0.39, 0.29) is 24.4 Å². The van der Waals surface area contributed by atoms with E-state index in [0.717, 1.165) is 19.3 Å². The highest BCUT2D eigenvalue weighted by atomic mass is 16.4. The van der Waals surface area contributed by atoms with Gasteiger partial charge in [0.15, 0.2) is 5.84 Å². The van der Waals surface area contributed by atoms with Crippen molar-refractivity contribution in [1.29, 1.82) is 0 Å². The van der Waals surface area contributed by atoms with Gasteiger partial charge in [-0.2, -0.15) is 0 Å². The number of nitrogens with zero attached hydrogens (tertiary/aromatic N) is 2. The molecular weight excluding hydrogens is 234 g/mol. The van der Waals surface area contributed by atoms with Crippen molar-refractivity contribution >= 4 is 11.7 Å². The molecule has 1 rings (SSSR count). The number of aliphatic hydroxyl groups is 1. The van der Waals surface area contributed by atoms with Crippen LogP contribution in [0.25, 0.3) is 0 Å². The Bertz CT molecular complexity index is 305. The molecule has 0 radical (unpaired) electrons. The second kappa shape index (κ2) is 7.20. The molecular formula is C12H23N3O3. The monoisotopic (exact) mass is 257 g/mol. The van der Waals surface area contributed by atoms with E-state index in [1.165, 1.54) is 0 Å². The molecule has 2 atom stereocenters. The van der Waals surface area contributed by atoms with Crippen LogP contribution in [0.4, 0.5) is 0 Å². The van der Waals surface area contributed by atoms with Crippen LogP contribution in [0, 0.1) is 5.92 Å². The average molecular weight is 257 g/mol. The Morgan fingerprint density at radius 3 is 2.83 bits per heavy atom. The number of aliphatic hydroxyl groups excluding tert-OH is 1. The molecule has 1 amide bonds. The van der Waals surface area contributed by atoms with Gasteiger partial charge in [-0.25, -0.2) is 0 Å². The lowest BCUT2D eigenvalue weighted by Crippen LogP contribution is -2.49. The Kier molecular flexibility index (Phi) is 5.91. The van der Waals surface area contributed by atoms with Crippen molar-refractivity contribution in [1.82, 2.24) is 4.90 Å². The second-order valence-electron chi connectivity index (χ2n) is 4.68. The molecule has 1 heterocycles. The number of amidine groups is 1. The van der Waals surface area contributed by atoms with Gasteiger partial charge in [-0.15, -0.1) is 0 Å². The van der Waals surface area contributed by atoms with Gasteiger partial charge in [0, 0.05) is 19.2 Å². The molecule has 1 aliphatic rings. The fraction of sp³-hybridized carbons (Fsp3) is 0.833. The van der Waals surface area contributed by atoms with Crippen molar-refractivity contribution in [3.05, 3.63) is 0 Å². The van der Waals surface area contributed by atoms with Gasteiger partial charge in [0.25, 0.3) is 0 Å². The van der Waals surface area contributed by atoms with Crippen molar-refractivity contribution in [3.8, 4) is 0 Å². The van der Waals surface area contributed by atoms with Crippen LogP contribution < -0.4 is 5.73 Å². The number of hydrogen-bond acceptors (Lipinski definition) is 4. The summed E-state index contributed by atoms with van der Waals surface area (Å²) in [6, 6.07) is 0.0804. The van der Waals surface area contributed by atoms with E-state index in [2.05, 4.69) is 5.16 Å². The zero-order valence-electron chi connectivity index (χ0n) is 10.9. The number of rotatable bonds is 5. The molecule has 18 heavy (non-hydrogen) atoms. The van der Waals surface area contributed by atoms with Gasteiger partial charge in [0.1, 0.15) is 0 Å². The maximum Gasteiger partial charge on any atom is 0.233 e. The number of carbonyl (C=O) groups excluding carboxylic acids is 1. The van der Waals surface area contributed by atoms with E-state index in [9.17, 15) is 4.79 Å². The maximum atomic E-state index is 12.4. The molecule has 1 aliphatic heterocycles. The normalized spacial score (nSPS) is 22.9. The number of piperidine rings is 1. The molecule has 0 bridgehead atoms. The summed E-state index contributed by atoms with van der Waals surface area (Å²) in [6.07, 6.45) is 4.07. The maximum absolute atomic E-state index is 12.4. The standard InChI is InChI=1S/C12H23N3O3/c1-2-10(11(13)14-18)12(17)15-7-4-3-5-9(15)6-8-16/h9-10,16,18H,2-8H2,1H3,(H2,13,14). The SMILES string of the molecule is CCC(C(=O)N1CCCCC1CCO)/C(N)=N/O. The molecule has 2 unspecified atom stereocenters. The van der Waals surface area contributed by atoms with Crippen LogP contribution in [0.3, 0.4) is 0 Å². The molecule has 104 valence electrons. The summed E-state index contributed by atoms with van der Waals surface area (Å²) in [5.41, 5.74) is 5.56. The van der Waals surface area contributed by atoms with Crippen LogP contribution in [-0.2, 0) is 4.79 Å². The van der Waals surface area contributed by atoms with Crippen molar-refractivity contribution in [3.63, 3.8) is 0 Å². The minimum Gasteiger partial charge on any atom is -0.409 e. The topological polar surface area (TPSA) is 99.2 Å². The summed E-state index contributed by atoms with van der Waals surface area (Å²) in [5.74, 6) is -0.684. The Labute approximate surface area is 107 Å². The van der Waals surface area contributed by atoms with Crippen molar-refractivity contribution in [2.24, 2.45) is 16.8 Å². The second-order valence-corrected chi connectivity index (χ2v) is 4.68. The number of carbonyl (C=O) groups is 1. The average Bonchev–Trinajstić information content (AvgIpc) is 2.40. The molecule has 0 aromatic rings. The Morgan fingerprint density at radius 1 is 1.56 bits per heavy atom. The van der Waals surface area contributed by atoms with Crippen molar-refractivity contribution in [2.45, 2.75) is 45.1 Å². The quantitative estimate of drug-likeness (QED) is 0.289. The summed E-state index contributed by atoms with van der Waals surface area (Å²) in [4.78, 5) is 14.2. The number of hydrogen-bond donors (Lipinski definition) is 3. The smallest absolute Gasteiger partial charge is 0.233 e. The van der Waals surface area contributed by atoms with Crippen LogP contribution in [0.5, 0.6) is 0 Å². The largest absolute Gasteiger partial charge is 0.409 e. The molecule has 4 N–H and O–H groups in total. The molecule has 0 aromatic carbocycles. The van der Waals surface area contributed by atoms with Crippen LogP contribution in [0.2, 0.25) is 0 Å². The first-order chi connectivity index (χ1) is 8.65. The number of amides is 1. The number of nitrogens with two attached hydrogens (primary N) is 1. The van der Waals surface area contributed by atoms with Crippen LogP contribution in [-0.4, -0.2) is 46.1 Å². The zero-order chi connectivity index (χ0) is 13.5. The van der Waals surface area contributed by atoms with E-state index in [1.54, 1.807) is 4.90 Å².